The molecule has 0 saturated carbocycles. The van der Waals surface area contributed by atoms with Gasteiger partial charge in [0.15, 0.2) is 0 Å². The predicted octanol–water partition coefficient (Wildman–Crippen LogP) is 13.5. The summed E-state index contributed by atoms with van der Waals surface area (Å²) in [6.07, 6.45) is 11.7. The van der Waals surface area contributed by atoms with Crippen molar-refractivity contribution >= 4 is 92.5 Å². The highest BCUT2D eigenvalue weighted by Gasteiger charge is 2.24. The number of fused-ring (bicyclic) bond motifs is 12. The minimum atomic E-state index is 0.129. The summed E-state index contributed by atoms with van der Waals surface area (Å²) in [5.41, 5.74) is 10.5. The van der Waals surface area contributed by atoms with Crippen LogP contribution in [0.15, 0.2) is 175 Å². The van der Waals surface area contributed by atoms with Gasteiger partial charge in [-0.15, -0.1) is 0 Å². The Balaban J connectivity index is 1.10. The molecule has 4 nitrogen and oxygen atoms in total. The maximum Gasteiger partial charge on any atom is 0.144 e. The molecule has 0 aliphatic heterocycles. The molecular weight excluding hydrogens is 671 g/mol. The van der Waals surface area contributed by atoms with E-state index in [0.717, 1.165) is 83.1 Å². The molecule has 1 aliphatic carbocycles. The molecule has 256 valence electrons. The molecule has 0 amide bonds. The lowest BCUT2D eigenvalue weighted by Crippen LogP contribution is -2.04. The zero-order valence-corrected chi connectivity index (χ0v) is 29.7. The van der Waals surface area contributed by atoms with E-state index in [1.54, 1.807) is 0 Å². The molecule has 0 bridgehead atoms. The lowest BCUT2D eigenvalue weighted by Gasteiger charge is -2.24. The number of aromatic nitrogens is 3. The Hall–Kier alpha value is -7.17. The Morgan fingerprint density at radius 3 is 2.05 bits per heavy atom. The van der Waals surface area contributed by atoms with Crippen molar-refractivity contribution in [2.24, 2.45) is 0 Å². The van der Waals surface area contributed by atoms with Crippen LogP contribution in [0.5, 0.6) is 0 Å². The van der Waals surface area contributed by atoms with Gasteiger partial charge in [0.2, 0.25) is 0 Å². The average molecular weight is 702 g/mol. The molecule has 1 aliphatic rings. The summed E-state index contributed by atoms with van der Waals surface area (Å²) in [5, 5.41) is 12.7. The third kappa shape index (κ3) is 4.43. The highest BCUT2D eigenvalue weighted by atomic mass is 16.3. The highest BCUT2D eigenvalue weighted by molar-refractivity contribution is 6.24. The number of benzene rings is 7. The number of rotatable bonds is 3. The van der Waals surface area contributed by atoms with Gasteiger partial charge in [0, 0.05) is 56.0 Å². The molecule has 1 unspecified atom stereocenters. The van der Waals surface area contributed by atoms with Gasteiger partial charge in [0.25, 0.3) is 0 Å². The molecule has 0 radical (unpaired) electrons. The fraction of sp³-hybridized carbons (Fsp3) is 0.0392. The first-order valence-corrected chi connectivity index (χ1v) is 18.9. The fourth-order valence-corrected chi connectivity index (χ4v) is 9.30. The van der Waals surface area contributed by atoms with Crippen molar-refractivity contribution in [2.45, 2.75) is 12.3 Å². The van der Waals surface area contributed by atoms with Crippen LogP contribution < -0.4 is 0 Å². The van der Waals surface area contributed by atoms with E-state index in [1.165, 1.54) is 38.2 Å². The largest absolute Gasteiger partial charge is 0.455 e. The molecule has 4 heteroatoms. The first-order chi connectivity index (χ1) is 27.3. The summed E-state index contributed by atoms with van der Waals surface area (Å²) in [7, 11) is 0. The van der Waals surface area contributed by atoms with Crippen molar-refractivity contribution in [3.63, 3.8) is 0 Å². The minimum Gasteiger partial charge on any atom is -0.455 e. The normalized spacial score (nSPS) is 14.7. The number of nitrogens with zero attached hydrogens (tertiary/aromatic N) is 3. The number of furan rings is 1. The second-order valence-electron chi connectivity index (χ2n) is 14.6. The van der Waals surface area contributed by atoms with Crippen molar-refractivity contribution < 1.29 is 4.42 Å². The van der Waals surface area contributed by atoms with Crippen molar-refractivity contribution in [3.8, 4) is 11.1 Å². The number of para-hydroxylation sites is 2. The van der Waals surface area contributed by atoms with Crippen LogP contribution >= 0.6 is 0 Å². The zero-order valence-electron chi connectivity index (χ0n) is 29.7. The van der Waals surface area contributed by atoms with E-state index in [9.17, 15) is 0 Å². The van der Waals surface area contributed by atoms with Crippen molar-refractivity contribution in [1.82, 2.24) is 15.0 Å². The molecule has 4 heterocycles. The van der Waals surface area contributed by atoms with Gasteiger partial charge in [-0.3, -0.25) is 9.97 Å². The molecule has 0 saturated heterocycles. The van der Waals surface area contributed by atoms with Crippen LogP contribution in [0.1, 0.15) is 23.6 Å². The second kappa shape index (κ2) is 11.7. The Morgan fingerprint density at radius 1 is 0.527 bits per heavy atom. The molecule has 0 N–H and O–H groups in total. The molecule has 0 spiro atoms. The van der Waals surface area contributed by atoms with Crippen molar-refractivity contribution in [1.29, 1.82) is 0 Å². The predicted molar refractivity (Wildman–Crippen MR) is 228 cm³/mol. The molecular formula is C51H31N3O. The third-order valence-electron chi connectivity index (χ3n) is 11.6. The van der Waals surface area contributed by atoms with Crippen LogP contribution in [0.3, 0.4) is 0 Å². The third-order valence-corrected chi connectivity index (χ3v) is 11.6. The SMILES string of the molecule is C1=CC(c2nc3ccccc3c3c2ccc2c4ccccc4oc23)=CC(c2c3ccccc3c(-c3ccnc4c3ccc3cccnc34)c3ccccc23)C1. The topological polar surface area (TPSA) is 51.8 Å². The Kier molecular flexibility index (Phi) is 6.43. The van der Waals surface area contributed by atoms with Crippen LogP contribution in [-0.2, 0) is 0 Å². The van der Waals surface area contributed by atoms with Crippen LogP contribution in [0.4, 0.5) is 0 Å². The average Bonchev–Trinajstić information content (AvgIpc) is 3.64. The minimum absolute atomic E-state index is 0.129. The molecule has 12 rings (SSSR count). The summed E-state index contributed by atoms with van der Waals surface area (Å²) in [6.45, 7) is 0. The smallest absolute Gasteiger partial charge is 0.144 e. The Morgan fingerprint density at radius 2 is 1.22 bits per heavy atom. The molecule has 0 fully saturated rings. The van der Waals surface area contributed by atoms with E-state index in [-0.39, 0.29) is 5.92 Å². The monoisotopic (exact) mass is 701 g/mol. The van der Waals surface area contributed by atoms with E-state index in [1.807, 2.05) is 24.5 Å². The standard InChI is InChI=1S/C51H31N3O/c1-3-17-36-34(15-1)45(35-16-2-4-18-37(35)46(36)38-26-28-53-50-39(38)23-22-30-13-10-27-52-49(30)50)31-11-9-12-32(29-31)48-42-25-24-40-33-14-6-8-21-44(33)55-51(40)47(42)41-19-5-7-20-43(41)54-48/h1-10,12-29,31H,11H2. The van der Waals surface area contributed by atoms with Crippen LogP contribution in [0.2, 0.25) is 0 Å². The summed E-state index contributed by atoms with van der Waals surface area (Å²) in [5.74, 6) is 0.129. The molecule has 1 atom stereocenters. The molecule has 4 aromatic heterocycles. The summed E-state index contributed by atoms with van der Waals surface area (Å²) >= 11 is 0. The van der Waals surface area contributed by atoms with Crippen LogP contribution in [0, 0.1) is 0 Å². The summed E-state index contributed by atoms with van der Waals surface area (Å²) in [6, 6.07) is 49.7. The highest BCUT2D eigenvalue weighted by Crippen LogP contribution is 2.47. The summed E-state index contributed by atoms with van der Waals surface area (Å²) in [4.78, 5) is 15.0. The van der Waals surface area contributed by atoms with Gasteiger partial charge in [-0.2, -0.15) is 0 Å². The van der Waals surface area contributed by atoms with Gasteiger partial charge in [-0.1, -0.05) is 127 Å². The van der Waals surface area contributed by atoms with Gasteiger partial charge >= 0.3 is 0 Å². The Bertz CT molecular complexity index is 3420. The quantitative estimate of drug-likeness (QED) is 0.136. The summed E-state index contributed by atoms with van der Waals surface area (Å²) < 4.78 is 6.63. The van der Waals surface area contributed by atoms with Crippen molar-refractivity contribution in [3.05, 3.63) is 181 Å². The number of allylic oxidation sites excluding steroid dienone is 4. The fourth-order valence-electron chi connectivity index (χ4n) is 9.30. The maximum atomic E-state index is 6.63. The molecule has 55 heavy (non-hydrogen) atoms. The van der Waals surface area contributed by atoms with Gasteiger partial charge in [0.1, 0.15) is 11.2 Å². The maximum absolute atomic E-state index is 6.63. The molecule has 11 aromatic rings. The molecule has 7 aromatic carbocycles. The first-order valence-electron chi connectivity index (χ1n) is 18.9. The lowest BCUT2D eigenvalue weighted by atomic mass is 9.80. The van der Waals surface area contributed by atoms with Gasteiger partial charge in [-0.05, 0) is 80.6 Å². The van der Waals surface area contributed by atoms with E-state index >= 15 is 0 Å². The number of hydrogen-bond donors (Lipinski definition) is 0. The van der Waals surface area contributed by atoms with Gasteiger partial charge in [-0.25, -0.2) is 4.98 Å². The lowest BCUT2D eigenvalue weighted by molar-refractivity contribution is 0.673. The first kappa shape index (κ1) is 30.3. The van der Waals surface area contributed by atoms with E-state index in [0.29, 0.717) is 0 Å². The Labute approximate surface area is 315 Å². The van der Waals surface area contributed by atoms with Crippen LogP contribution in [0.25, 0.3) is 104 Å². The van der Waals surface area contributed by atoms with Crippen molar-refractivity contribution in [2.75, 3.05) is 0 Å². The van der Waals surface area contributed by atoms with Gasteiger partial charge in [0.05, 0.1) is 22.2 Å². The number of hydrogen-bond acceptors (Lipinski definition) is 4. The van der Waals surface area contributed by atoms with E-state index in [4.69, 9.17) is 19.4 Å². The van der Waals surface area contributed by atoms with E-state index in [2.05, 4.69) is 146 Å². The zero-order chi connectivity index (χ0) is 36.0. The van der Waals surface area contributed by atoms with E-state index < -0.39 is 0 Å². The van der Waals surface area contributed by atoms with Crippen LogP contribution in [-0.4, -0.2) is 15.0 Å². The number of pyridine rings is 3. The van der Waals surface area contributed by atoms with Gasteiger partial charge < -0.3 is 4.42 Å². The second-order valence-corrected chi connectivity index (χ2v) is 14.6.